The summed E-state index contributed by atoms with van der Waals surface area (Å²) in [6.07, 6.45) is -4.42. The van der Waals surface area contributed by atoms with E-state index in [2.05, 4.69) is 0 Å². The summed E-state index contributed by atoms with van der Waals surface area (Å²) >= 11 is 0. The molecule has 0 bridgehead atoms. The molecule has 0 aliphatic rings. The number of hydrogen-bond donors (Lipinski definition) is 1. The van der Waals surface area contributed by atoms with Gasteiger partial charge in [-0.2, -0.15) is 8.78 Å². The predicted octanol–water partition coefficient (Wildman–Crippen LogP) is 2.67. The van der Waals surface area contributed by atoms with E-state index >= 15 is 0 Å². The number of hydrogen-bond acceptors (Lipinski definition) is 2. The van der Waals surface area contributed by atoms with E-state index in [1.54, 1.807) is 27.7 Å². The average molecular weight is 245 g/mol. The van der Waals surface area contributed by atoms with Crippen LogP contribution in [0.4, 0.5) is 17.6 Å². The Morgan fingerprint density at radius 2 is 1.62 bits per heavy atom. The van der Waals surface area contributed by atoms with Crippen LogP contribution in [0.1, 0.15) is 27.7 Å². The quantitative estimate of drug-likeness (QED) is 0.756. The van der Waals surface area contributed by atoms with Crippen molar-refractivity contribution in [2.24, 2.45) is 11.1 Å². The zero-order valence-corrected chi connectivity index (χ0v) is 9.94. The van der Waals surface area contributed by atoms with Gasteiger partial charge in [-0.05, 0) is 12.3 Å². The molecule has 0 radical (unpaired) electrons. The van der Waals surface area contributed by atoms with E-state index in [1.165, 1.54) is 0 Å². The van der Waals surface area contributed by atoms with Gasteiger partial charge < -0.3 is 10.5 Å². The van der Waals surface area contributed by atoms with E-state index in [-0.39, 0.29) is 0 Å². The summed E-state index contributed by atoms with van der Waals surface area (Å²) in [4.78, 5) is 0. The number of nitrogens with two attached hydrogens (primary N) is 1. The maximum Gasteiger partial charge on any atom is 0.330 e. The number of alkyl halides is 4. The van der Waals surface area contributed by atoms with Crippen molar-refractivity contribution in [1.82, 2.24) is 0 Å². The molecule has 0 aromatic carbocycles. The van der Waals surface area contributed by atoms with E-state index in [0.29, 0.717) is 0 Å². The van der Waals surface area contributed by atoms with Crippen LogP contribution in [0, 0.1) is 5.41 Å². The normalized spacial score (nSPS) is 17.6. The second kappa shape index (κ2) is 5.31. The maximum atomic E-state index is 12.6. The van der Waals surface area contributed by atoms with Crippen molar-refractivity contribution in [2.45, 2.75) is 52.2 Å². The first-order chi connectivity index (χ1) is 6.98. The number of ether oxygens (including phenoxy) is 1. The van der Waals surface area contributed by atoms with Crippen LogP contribution >= 0.6 is 0 Å². The molecule has 2 nitrogen and oxygen atoms in total. The monoisotopic (exact) mass is 245 g/mol. The van der Waals surface area contributed by atoms with Gasteiger partial charge in [0.25, 0.3) is 0 Å². The molecular formula is C10H19F4NO. The minimum Gasteiger partial charge on any atom is -0.370 e. The second-order valence-electron chi connectivity index (χ2n) is 5.02. The lowest BCUT2D eigenvalue weighted by Gasteiger charge is -2.34. The molecule has 2 unspecified atom stereocenters. The molecule has 2 N–H and O–H groups in total. The van der Waals surface area contributed by atoms with Gasteiger partial charge in [0.05, 0.1) is 6.10 Å². The summed E-state index contributed by atoms with van der Waals surface area (Å²) in [5, 5.41) is 0. The van der Waals surface area contributed by atoms with Gasteiger partial charge in [0, 0.05) is 6.04 Å². The van der Waals surface area contributed by atoms with E-state index in [4.69, 9.17) is 10.5 Å². The summed E-state index contributed by atoms with van der Waals surface area (Å²) in [5.74, 6) is -4.13. The molecular weight excluding hydrogens is 226 g/mol. The molecule has 0 aromatic rings. The maximum absolute atomic E-state index is 12.6. The molecule has 0 heterocycles. The largest absolute Gasteiger partial charge is 0.370 e. The standard InChI is InChI=1S/C10H19F4NO/c1-6(15)7(9(2,3)4)16-5-10(13,14)8(11)12/h6-8H,5,15H2,1-4H3. The van der Waals surface area contributed by atoms with Crippen LogP contribution in [-0.2, 0) is 4.74 Å². The highest BCUT2D eigenvalue weighted by Crippen LogP contribution is 2.28. The molecule has 0 aliphatic carbocycles. The Morgan fingerprint density at radius 3 is 1.88 bits per heavy atom. The highest BCUT2D eigenvalue weighted by molar-refractivity contribution is 4.82. The third-order valence-corrected chi connectivity index (χ3v) is 2.11. The summed E-state index contributed by atoms with van der Waals surface area (Å²) in [6, 6.07) is -0.506. The van der Waals surface area contributed by atoms with Gasteiger partial charge in [-0.25, -0.2) is 8.78 Å². The summed E-state index contributed by atoms with van der Waals surface area (Å²) < 4.78 is 53.9. The SMILES string of the molecule is CC(N)C(OCC(F)(F)C(F)F)C(C)(C)C. The van der Waals surface area contributed by atoms with Crippen LogP contribution in [-0.4, -0.2) is 31.1 Å². The van der Waals surface area contributed by atoms with E-state index in [1.807, 2.05) is 0 Å². The highest BCUT2D eigenvalue weighted by atomic mass is 19.3. The molecule has 0 amide bonds. The molecule has 16 heavy (non-hydrogen) atoms. The molecule has 98 valence electrons. The lowest BCUT2D eigenvalue weighted by Crippen LogP contribution is -2.46. The number of rotatable bonds is 5. The van der Waals surface area contributed by atoms with Gasteiger partial charge in [0.15, 0.2) is 0 Å². The Labute approximate surface area is 93.1 Å². The van der Waals surface area contributed by atoms with Gasteiger partial charge in [0.2, 0.25) is 0 Å². The van der Waals surface area contributed by atoms with Crippen LogP contribution in [0.2, 0.25) is 0 Å². The van der Waals surface area contributed by atoms with Gasteiger partial charge in [0.1, 0.15) is 6.61 Å². The fourth-order valence-corrected chi connectivity index (χ4v) is 1.45. The van der Waals surface area contributed by atoms with Crippen molar-refractivity contribution in [3.8, 4) is 0 Å². The van der Waals surface area contributed by atoms with Crippen LogP contribution in [0.25, 0.3) is 0 Å². The Balaban J connectivity index is 4.46. The first-order valence-corrected chi connectivity index (χ1v) is 5.01. The molecule has 0 aliphatic heterocycles. The minimum absolute atomic E-state index is 0.480. The van der Waals surface area contributed by atoms with Gasteiger partial charge in [-0.3, -0.25) is 0 Å². The Bertz CT molecular complexity index is 213. The second-order valence-corrected chi connectivity index (χ2v) is 5.02. The zero-order valence-electron chi connectivity index (χ0n) is 9.94. The first kappa shape index (κ1) is 15.6. The third-order valence-electron chi connectivity index (χ3n) is 2.11. The molecule has 0 rings (SSSR count). The van der Waals surface area contributed by atoms with E-state index < -0.39 is 36.5 Å². The van der Waals surface area contributed by atoms with Crippen molar-refractivity contribution in [3.05, 3.63) is 0 Å². The van der Waals surface area contributed by atoms with Gasteiger partial charge in [-0.15, -0.1) is 0 Å². The smallest absolute Gasteiger partial charge is 0.330 e. The van der Waals surface area contributed by atoms with Crippen LogP contribution in [0.3, 0.4) is 0 Å². The Morgan fingerprint density at radius 1 is 1.19 bits per heavy atom. The lowest BCUT2D eigenvalue weighted by atomic mass is 9.85. The lowest BCUT2D eigenvalue weighted by molar-refractivity contribution is -0.187. The molecule has 0 fully saturated rings. The van der Waals surface area contributed by atoms with E-state index in [0.717, 1.165) is 0 Å². The highest BCUT2D eigenvalue weighted by Gasteiger charge is 2.43. The fourth-order valence-electron chi connectivity index (χ4n) is 1.45. The molecule has 0 aromatic heterocycles. The predicted molar refractivity (Wildman–Crippen MR) is 53.8 cm³/mol. The molecule has 0 saturated carbocycles. The van der Waals surface area contributed by atoms with Crippen LogP contribution in [0.5, 0.6) is 0 Å². The van der Waals surface area contributed by atoms with Gasteiger partial charge >= 0.3 is 12.3 Å². The minimum atomic E-state index is -4.13. The summed E-state index contributed by atoms with van der Waals surface area (Å²) in [7, 11) is 0. The third kappa shape index (κ3) is 4.65. The molecule has 6 heteroatoms. The van der Waals surface area contributed by atoms with Crippen molar-refractivity contribution < 1.29 is 22.3 Å². The fraction of sp³-hybridized carbons (Fsp3) is 1.00. The van der Waals surface area contributed by atoms with Gasteiger partial charge in [-0.1, -0.05) is 20.8 Å². The number of halogens is 4. The first-order valence-electron chi connectivity index (χ1n) is 5.01. The van der Waals surface area contributed by atoms with Crippen molar-refractivity contribution >= 4 is 0 Å². The summed E-state index contributed by atoms with van der Waals surface area (Å²) in [5.41, 5.74) is 5.09. The van der Waals surface area contributed by atoms with Crippen molar-refractivity contribution in [3.63, 3.8) is 0 Å². The zero-order chi connectivity index (χ0) is 13.1. The topological polar surface area (TPSA) is 35.2 Å². The van der Waals surface area contributed by atoms with Crippen LogP contribution in [0.15, 0.2) is 0 Å². The van der Waals surface area contributed by atoms with Crippen molar-refractivity contribution in [2.75, 3.05) is 6.61 Å². The molecule has 2 atom stereocenters. The molecule has 0 spiro atoms. The Kier molecular flexibility index (Phi) is 5.19. The summed E-state index contributed by atoms with van der Waals surface area (Å²) in [6.45, 7) is 5.54. The van der Waals surface area contributed by atoms with Crippen LogP contribution < -0.4 is 5.73 Å². The Hall–Kier alpha value is -0.360. The average Bonchev–Trinajstić information content (AvgIpc) is 1.99. The van der Waals surface area contributed by atoms with Crippen molar-refractivity contribution in [1.29, 1.82) is 0 Å². The molecule has 0 saturated heterocycles. The van der Waals surface area contributed by atoms with E-state index in [9.17, 15) is 17.6 Å².